The molecule has 0 spiro atoms. The Morgan fingerprint density at radius 2 is 1.72 bits per heavy atom. The van der Waals surface area contributed by atoms with Crippen molar-refractivity contribution in [2.45, 2.75) is 19.4 Å². The first-order valence-corrected chi connectivity index (χ1v) is 8.09. The fourth-order valence-corrected chi connectivity index (χ4v) is 2.25. The highest BCUT2D eigenvalue weighted by Crippen LogP contribution is 2.08. The summed E-state index contributed by atoms with van der Waals surface area (Å²) >= 11 is 0. The van der Waals surface area contributed by atoms with Crippen LogP contribution in [0.1, 0.15) is 17.3 Å². The monoisotopic (exact) mass is 337 g/mol. The molecule has 128 valence electrons. The van der Waals surface area contributed by atoms with Gasteiger partial charge in [-0.1, -0.05) is 53.7 Å². The zero-order valence-electron chi connectivity index (χ0n) is 13.7. The van der Waals surface area contributed by atoms with Crippen LogP contribution in [0.15, 0.2) is 65.2 Å². The van der Waals surface area contributed by atoms with E-state index in [1.54, 1.807) is 12.1 Å². The SMILES string of the molecule is O=C(COc1ccccc1)NCc1noc(CCc2ccccc2)n1. The predicted octanol–water partition coefficient (Wildman–Crippen LogP) is 2.55. The van der Waals surface area contributed by atoms with Gasteiger partial charge in [0.25, 0.3) is 5.91 Å². The molecule has 3 rings (SSSR count). The van der Waals surface area contributed by atoms with E-state index in [9.17, 15) is 4.79 Å². The van der Waals surface area contributed by atoms with E-state index in [4.69, 9.17) is 9.26 Å². The fraction of sp³-hybridized carbons (Fsp3) is 0.211. The molecule has 0 atom stereocenters. The van der Waals surface area contributed by atoms with Crippen LogP contribution < -0.4 is 10.1 Å². The summed E-state index contributed by atoms with van der Waals surface area (Å²) in [5, 5.41) is 6.58. The summed E-state index contributed by atoms with van der Waals surface area (Å²) in [5.74, 6) is 1.43. The first-order valence-electron chi connectivity index (χ1n) is 8.09. The van der Waals surface area contributed by atoms with Crippen LogP contribution in [0.25, 0.3) is 0 Å². The van der Waals surface area contributed by atoms with E-state index in [2.05, 4.69) is 27.6 Å². The van der Waals surface area contributed by atoms with Gasteiger partial charge < -0.3 is 14.6 Å². The number of rotatable bonds is 8. The largest absolute Gasteiger partial charge is 0.484 e. The summed E-state index contributed by atoms with van der Waals surface area (Å²) in [6.45, 7) is 0.161. The van der Waals surface area contributed by atoms with Crippen molar-refractivity contribution in [3.63, 3.8) is 0 Å². The second-order valence-electron chi connectivity index (χ2n) is 5.47. The van der Waals surface area contributed by atoms with Gasteiger partial charge in [-0.3, -0.25) is 4.79 Å². The highest BCUT2D eigenvalue weighted by Gasteiger charge is 2.09. The van der Waals surface area contributed by atoms with Crippen molar-refractivity contribution in [2.75, 3.05) is 6.61 Å². The van der Waals surface area contributed by atoms with Crippen molar-refractivity contribution in [3.8, 4) is 5.75 Å². The second-order valence-corrected chi connectivity index (χ2v) is 5.47. The number of hydrogen-bond acceptors (Lipinski definition) is 5. The topological polar surface area (TPSA) is 77.2 Å². The van der Waals surface area contributed by atoms with Gasteiger partial charge in [-0.25, -0.2) is 0 Å². The van der Waals surface area contributed by atoms with Gasteiger partial charge in [0.15, 0.2) is 12.4 Å². The maximum absolute atomic E-state index is 11.8. The molecule has 6 heteroatoms. The van der Waals surface area contributed by atoms with E-state index in [1.807, 2.05) is 36.4 Å². The number of carbonyl (C=O) groups is 1. The summed E-state index contributed by atoms with van der Waals surface area (Å²) in [6, 6.07) is 19.3. The smallest absolute Gasteiger partial charge is 0.258 e. The quantitative estimate of drug-likeness (QED) is 0.683. The van der Waals surface area contributed by atoms with E-state index in [0.29, 0.717) is 23.9 Å². The molecule has 0 aliphatic heterocycles. The van der Waals surface area contributed by atoms with Crippen molar-refractivity contribution in [3.05, 3.63) is 77.9 Å². The number of amides is 1. The molecule has 0 saturated carbocycles. The number of ether oxygens (including phenoxy) is 1. The molecular weight excluding hydrogens is 318 g/mol. The van der Waals surface area contributed by atoms with Crippen molar-refractivity contribution < 1.29 is 14.1 Å². The summed E-state index contributed by atoms with van der Waals surface area (Å²) < 4.78 is 10.6. The third kappa shape index (κ3) is 5.46. The van der Waals surface area contributed by atoms with Gasteiger partial charge in [-0.05, 0) is 24.1 Å². The summed E-state index contributed by atoms with van der Waals surface area (Å²) in [5.41, 5.74) is 1.22. The summed E-state index contributed by atoms with van der Waals surface area (Å²) in [4.78, 5) is 16.1. The van der Waals surface area contributed by atoms with Crippen molar-refractivity contribution >= 4 is 5.91 Å². The zero-order chi connectivity index (χ0) is 17.3. The molecule has 6 nitrogen and oxygen atoms in total. The number of aryl methyl sites for hydroxylation is 2. The normalized spacial score (nSPS) is 10.4. The average molecular weight is 337 g/mol. The third-order valence-corrected chi connectivity index (χ3v) is 3.54. The van der Waals surface area contributed by atoms with E-state index in [1.165, 1.54) is 5.56 Å². The Morgan fingerprint density at radius 3 is 2.48 bits per heavy atom. The van der Waals surface area contributed by atoms with Crippen LogP contribution in [0, 0.1) is 0 Å². The van der Waals surface area contributed by atoms with Crippen LogP contribution >= 0.6 is 0 Å². The Labute approximate surface area is 145 Å². The number of benzene rings is 2. The molecule has 1 N–H and O–H groups in total. The number of nitrogens with zero attached hydrogens (tertiary/aromatic N) is 2. The fourth-order valence-electron chi connectivity index (χ4n) is 2.25. The van der Waals surface area contributed by atoms with Crippen LogP contribution in [0.4, 0.5) is 0 Å². The van der Waals surface area contributed by atoms with E-state index < -0.39 is 0 Å². The summed E-state index contributed by atoms with van der Waals surface area (Å²) in [6.07, 6.45) is 1.50. The number of carbonyl (C=O) groups excluding carboxylic acids is 1. The standard InChI is InChI=1S/C19H19N3O3/c23-18(14-24-16-9-5-2-6-10-16)20-13-17-21-19(25-22-17)12-11-15-7-3-1-4-8-15/h1-10H,11-14H2,(H,20,23). The second kappa shape index (κ2) is 8.63. The van der Waals surface area contributed by atoms with Crippen LogP contribution in [0.5, 0.6) is 5.75 Å². The Hall–Kier alpha value is -3.15. The lowest BCUT2D eigenvalue weighted by molar-refractivity contribution is -0.123. The Balaban J connectivity index is 1.40. The molecule has 0 unspecified atom stereocenters. The predicted molar refractivity (Wildman–Crippen MR) is 91.9 cm³/mol. The Morgan fingerprint density at radius 1 is 1.00 bits per heavy atom. The lowest BCUT2D eigenvalue weighted by Gasteiger charge is -2.05. The van der Waals surface area contributed by atoms with Crippen molar-refractivity contribution in [1.82, 2.24) is 15.5 Å². The zero-order valence-corrected chi connectivity index (χ0v) is 13.7. The van der Waals surface area contributed by atoms with Gasteiger partial charge in [-0.2, -0.15) is 4.98 Å². The molecule has 0 radical (unpaired) electrons. The molecule has 1 aromatic heterocycles. The van der Waals surface area contributed by atoms with Gasteiger partial charge in [0.05, 0.1) is 6.54 Å². The van der Waals surface area contributed by atoms with E-state index >= 15 is 0 Å². The summed E-state index contributed by atoms with van der Waals surface area (Å²) in [7, 11) is 0. The average Bonchev–Trinajstić information content (AvgIpc) is 3.13. The lowest BCUT2D eigenvalue weighted by atomic mass is 10.1. The Bertz CT molecular complexity index is 788. The maximum Gasteiger partial charge on any atom is 0.258 e. The van der Waals surface area contributed by atoms with Crippen LogP contribution in [0.2, 0.25) is 0 Å². The van der Waals surface area contributed by atoms with Gasteiger partial charge in [0, 0.05) is 6.42 Å². The molecule has 3 aromatic rings. The van der Waals surface area contributed by atoms with Gasteiger partial charge in [-0.15, -0.1) is 0 Å². The molecule has 2 aromatic carbocycles. The number of nitrogens with one attached hydrogen (secondary N) is 1. The molecule has 25 heavy (non-hydrogen) atoms. The molecule has 0 aliphatic carbocycles. The maximum atomic E-state index is 11.8. The minimum Gasteiger partial charge on any atom is -0.484 e. The molecule has 0 aliphatic rings. The molecule has 1 amide bonds. The third-order valence-electron chi connectivity index (χ3n) is 3.54. The van der Waals surface area contributed by atoms with Crippen molar-refractivity contribution in [1.29, 1.82) is 0 Å². The minimum atomic E-state index is -0.237. The number of aromatic nitrogens is 2. The highest BCUT2D eigenvalue weighted by molar-refractivity contribution is 5.77. The van der Waals surface area contributed by atoms with Crippen LogP contribution in [-0.4, -0.2) is 22.7 Å². The Kier molecular flexibility index (Phi) is 5.77. The molecule has 1 heterocycles. The molecular formula is C19H19N3O3. The van der Waals surface area contributed by atoms with Crippen LogP contribution in [-0.2, 0) is 24.2 Å². The minimum absolute atomic E-state index is 0.0528. The van der Waals surface area contributed by atoms with Crippen molar-refractivity contribution in [2.24, 2.45) is 0 Å². The van der Waals surface area contributed by atoms with Crippen LogP contribution in [0.3, 0.4) is 0 Å². The van der Waals surface area contributed by atoms with Gasteiger partial charge in [0.2, 0.25) is 5.89 Å². The van der Waals surface area contributed by atoms with E-state index in [0.717, 1.165) is 6.42 Å². The van der Waals surface area contributed by atoms with E-state index in [-0.39, 0.29) is 19.1 Å². The number of hydrogen-bond donors (Lipinski definition) is 1. The van der Waals surface area contributed by atoms with Gasteiger partial charge >= 0.3 is 0 Å². The highest BCUT2D eigenvalue weighted by atomic mass is 16.5. The molecule has 0 fully saturated rings. The number of para-hydroxylation sites is 1. The first kappa shape index (κ1) is 16.7. The molecule has 0 saturated heterocycles. The van der Waals surface area contributed by atoms with Gasteiger partial charge in [0.1, 0.15) is 5.75 Å². The first-order chi connectivity index (χ1) is 12.3. The molecule has 0 bridgehead atoms. The lowest BCUT2D eigenvalue weighted by Crippen LogP contribution is -2.28.